The first-order valence-corrected chi connectivity index (χ1v) is 10.0. The van der Waals surface area contributed by atoms with Crippen LogP contribution in [0.5, 0.6) is 0 Å². The van der Waals surface area contributed by atoms with Crippen LogP contribution in [0.25, 0.3) is 11.0 Å². The SMILES string of the molecule is Cn1c(=O)c2cc(C(=O)NC3CC(=O)N(C4CCCCC4)C3)cnc2n(C)c1=O. The van der Waals surface area contributed by atoms with E-state index >= 15 is 0 Å². The molecule has 4 rings (SSSR count). The van der Waals surface area contributed by atoms with Gasteiger partial charge in [-0.2, -0.15) is 0 Å². The first-order chi connectivity index (χ1) is 13.9. The van der Waals surface area contributed by atoms with Crippen molar-refractivity contribution in [2.45, 2.75) is 50.6 Å². The zero-order valence-electron chi connectivity index (χ0n) is 16.7. The Morgan fingerprint density at radius 2 is 1.83 bits per heavy atom. The first kappa shape index (κ1) is 19.4. The Hall–Kier alpha value is -2.97. The number of likely N-dealkylation sites (tertiary alicyclic amines) is 1. The lowest BCUT2D eigenvalue weighted by Crippen LogP contribution is -2.41. The van der Waals surface area contributed by atoms with Gasteiger partial charge in [-0.1, -0.05) is 19.3 Å². The van der Waals surface area contributed by atoms with E-state index < -0.39 is 11.2 Å². The van der Waals surface area contributed by atoms with Crippen molar-refractivity contribution in [3.63, 3.8) is 0 Å². The summed E-state index contributed by atoms with van der Waals surface area (Å²) < 4.78 is 2.26. The molecule has 29 heavy (non-hydrogen) atoms. The van der Waals surface area contributed by atoms with Crippen molar-refractivity contribution in [2.75, 3.05) is 6.54 Å². The van der Waals surface area contributed by atoms with Gasteiger partial charge in [-0.05, 0) is 18.9 Å². The van der Waals surface area contributed by atoms with E-state index in [1.165, 1.54) is 37.3 Å². The van der Waals surface area contributed by atoms with Crippen LogP contribution in [0, 0.1) is 0 Å². The Labute approximate surface area is 167 Å². The molecule has 9 nitrogen and oxygen atoms in total. The topological polar surface area (TPSA) is 106 Å². The number of rotatable bonds is 3. The molecule has 3 heterocycles. The molecule has 9 heteroatoms. The predicted molar refractivity (Wildman–Crippen MR) is 107 cm³/mol. The van der Waals surface area contributed by atoms with E-state index in [1.54, 1.807) is 0 Å². The highest BCUT2D eigenvalue weighted by Gasteiger charge is 2.35. The fourth-order valence-corrected chi connectivity index (χ4v) is 4.43. The van der Waals surface area contributed by atoms with Gasteiger partial charge >= 0.3 is 5.69 Å². The molecule has 1 atom stereocenters. The maximum atomic E-state index is 12.7. The van der Waals surface area contributed by atoms with E-state index in [9.17, 15) is 19.2 Å². The Morgan fingerprint density at radius 1 is 1.10 bits per heavy atom. The van der Waals surface area contributed by atoms with Crippen LogP contribution in [-0.2, 0) is 18.9 Å². The molecule has 0 aromatic carbocycles. The molecule has 1 unspecified atom stereocenters. The van der Waals surface area contributed by atoms with E-state index in [1.807, 2.05) is 4.90 Å². The summed E-state index contributed by atoms with van der Waals surface area (Å²) in [5.74, 6) is -0.290. The van der Waals surface area contributed by atoms with Gasteiger partial charge in [0.2, 0.25) is 5.91 Å². The average molecular weight is 399 g/mol. The summed E-state index contributed by atoms with van der Waals surface area (Å²) >= 11 is 0. The number of nitrogens with zero attached hydrogens (tertiary/aromatic N) is 4. The van der Waals surface area contributed by atoms with Gasteiger partial charge in [0, 0.05) is 39.3 Å². The van der Waals surface area contributed by atoms with Crippen LogP contribution in [0.4, 0.5) is 0 Å². The van der Waals surface area contributed by atoms with E-state index in [-0.39, 0.29) is 40.5 Å². The summed E-state index contributed by atoms with van der Waals surface area (Å²) in [6.45, 7) is 0.520. The van der Waals surface area contributed by atoms with Crippen LogP contribution in [-0.4, -0.2) is 49.5 Å². The average Bonchev–Trinajstić information content (AvgIpc) is 3.10. The van der Waals surface area contributed by atoms with Gasteiger partial charge in [-0.15, -0.1) is 0 Å². The standard InChI is InChI=1S/C20H25N5O4/c1-23-17-15(19(28)24(2)20(23)29)8-12(10-21-17)18(27)22-13-9-16(26)25(11-13)14-6-4-3-5-7-14/h8,10,13-14H,3-7,9,11H2,1-2H3,(H,22,27). The Bertz CT molecular complexity index is 1100. The molecule has 1 saturated heterocycles. The largest absolute Gasteiger partial charge is 0.347 e. The maximum Gasteiger partial charge on any atom is 0.332 e. The van der Waals surface area contributed by atoms with E-state index in [0.717, 1.165) is 30.3 Å². The van der Waals surface area contributed by atoms with E-state index in [0.29, 0.717) is 13.0 Å². The highest BCUT2D eigenvalue weighted by Crippen LogP contribution is 2.26. The molecule has 154 valence electrons. The molecule has 2 aromatic heterocycles. The molecule has 2 aliphatic rings. The normalized spacial score (nSPS) is 20.4. The zero-order chi connectivity index (χ0) is 20.7. The summed E-state index contributed by atoms with van der Waals surface area (Å²) in [4.78, 5) is 55.6. The molecule has 1 N–H and O–H groups in total. The third-order valence-corrected chi connectivity index (χ3v) is 6.06. The number of pyridine rings is 1. The molecular weight excluding hydrogens is 374 g/mol. The predicted octanol–water partition coefficient (Wildman–Crippen LogP) is 0.296. The van der Waals surface area contributed by atoms with Gasteiger partial charge in [0.25, 0.3) is 11.5 Å². The van der Waals surface area contributed by atoms with Gasteiger partial charge in [-0.25, -0.2) is 9.78 Å². The van der Waals surface area contributed by atoms with E-state index in [4.69, 9.17) is 0 Å². The highest BCUT2D eigenvalue weighted by molar-refractivity contribution is 5.97. The lowest BCUT2D eigenvalue weighted by atomic mass is 9.94. The third kappa shape index (κ3) is 3.45. The summed E-state index contributed by atoms with van der Waals surface area (Å²) in [6.07, 6.45) is 7.22. The van der Waals surface area contributed by atoms with Crippen molar-refractivity contribution >= 4 is 22.8 Å². The van der Waals surface area contributed by atoms with Crippen molar-refractivity contribution in [3.8, 4) is 0 Å². The summed E-state index contributed by atoms with van der Waals surface area (Å²) in [5.41, 5.74) is -0.504. The number of hydrogen-bond acceptors (Lipinski definition) is 5. The fourth-order valence-electron chi connectivity index (χ4n) is 4.43. The van der Waals surface area contributed by atoms with Crippen LogP contribution in [0.15, 0.2) is 21.9 Å². The molecule has 0 spiro atoms. The quantitative estimate of drug-likeness (QED) is 0.799. The summed E-state index contributed by atoms with van der Waals surface area (Å²) in [7, 11) is 2.92. The van der Waals surface area contributed by atoms with Gasteiger partial charge in [0.05, 0.1) is 17.0 Å². The fraction of sp³-hybridized carbons (Fsp3) is 0.550. The molecule has 2 fully saturated rings. The first-order valence-electron chi connectivity index (χ1n) is 10.0. The highest BCUT2D eigenvalue weighted by atomic mass is 16.2. The van der Waals surface area contributed by atoms with Crippen molar-refractivity contribution < 1.29 is 9.59 Å². The van der Waals surface area contributed by atoms with Crippen LogP contribution >= 0.6 is 0 Å². The molecular formula is C20H25N5O4. The summed E-state index contributed by atoms with van der Waals surface area (Å²) in [6, 6.07) is 1.48. The van der Waals surface area contributed by atoms with E-state index in [2.05, 4.69) is 10.3 Å². The second-order valence-electron chi connectivity index (χ2n) is 8.01. The zero-order valence-corrected chi connectivity index (χ0v) is 16.7. The van der Waals surface area contributed by atoms with Crippen molar-refractivity contribution in [1.29, 1.82) is 0 Å². The minimum atomic E-state index is -0.496. The second kappa shape index (κ2) is 7.46. The minimum Gasteiger partial charge on any atom is -0.347 e. The summed E-state index contributed by atoms with van der Waals surface area (Å²) in [5, 5.41) is 3.10. The lowest BCUT2D eigenvalue weighted by Gasteiger charge is -2.31. The second-order valence-corrected chi connectivity index (χ2v) is 8.01. The maximum absolute atomic E-state index is 12.7. The monoisotopic (exact) mass is 399 g/mol. The molecule has 2 aromatic rings. The third-order valence-electron chi connectivity index (χ3n) is 6.06. The molecule has 1 saturated carbocycles. The molecule has 1 aliphatic carbocycles. The molecule has 1 aliphatic heterocycles. The van der Waals surface area contributed by atoms with Crippen LogP contribution < -0.4 is 16.6 Å². The van der Waals surface area contributed by atoms with Gasteiger partial charge in [0.15, 0.2) is 0 Å². The number of aromatic nitrogens is 3. The van der Waals surface area contributed by atoms with Gasteiger partial charge in [0.1, 0.15) is 5.65 Å². The Balaban J connectivity index is 1.53. The minimum absolute atomic E-state index is 0.0858. The van der Waals surface area contributed by atoms with Crippen LogP contribution in [0.2, 0.25) is 0 Å². The number of hydrogen-bond donors (Lipinski definition) is 1. The van der Waals surface area contributed by atoms with Crippen LogP contribution in [0.1, 0.15) is 48.9 Å². The number of aryl methyl sites for hydroxylation is 1. The number of carbonyl (C=O) groups excluding carboxylic acids is 2. The van der Waals surface area contributed by atoms with Gasteiger partial charge < -0.3 is 10.2 Å². The van der Waals surface area contributed by atoms with Crippen molar-refractivity contribution in [2.24, 2.45) is 14.1 Å². The van der Waals surface area contributed by atoms with Crippen molar-refractivity contribution in [3.05, 3.63) is 38.7 Å². The van der Waals surface area contributed by atoms with Gasteiger partial charge in [-0.3, -0.25) is 23.5 Å². The Morgan fingerprint density at radius 3 is 2.55 bits per heavy atom. The molecule has 0 radical (unpaired) electrons. The lowest BCUT2D eigenvalue weighted by molar-refractivity contribution is -0.130. The molecule has 2 amide bonds. The smallest absolute Gasteiger partial charge is 0.332 e. The number of fused-ring (bicyclic) bond motifs is 1. The number of nitrogens with one attached hydrogen (secondary N) is 1. The number of amides is 2. The van der Waals surface area contributed by atoms with Crippen LogP contribution in [0.3, 0.4) is 0 Å². The number of carbonyl (C=O) groups is 2. The molecule has 0 bridgehead atoms. The Kier molecular flexibility index (Phi) is 4.97. The van der Waals surface area contributed by atoms with Crippen molar-refractivity contribution in [1.82, 2.24) is 24.3 Å².